The molecule has 0 saturated heterocycles. The highest BCUT2D eigenvalue weighted by atomic mass is 35.5. The number of aryl methyl sites for hydroxylation is 1. The van der Waals surface area contributed by atoms with Gasteiger partial charge in [-0.1, -0.05) is 48.0 Å². The summed E-state index contributed by atoms with van der Waals surface area (Å²) in [6.45, 7) is 0. The van der Waals surface area contributed by atoms with Crippen LogP contribution in [0.1, 0.15) is 18.4 Å². The fourth-order valence-corrected chi connectivity index (χ4v) is 4.98. The number of benzene rings is 2. The molecule has 136 valence electrons. The zero-order chi connectivity index (χ0) is 18.7. The zero-order valence-corrected chi connectivity index (χ0v) is 15.6. The average Bonchev–Trinajstić information content (AvgIpc) is 2.50. The van der Waals surface area contributed by atoms with Crippen LogP contribution in [0.25, 0.3) is 11.1 Å². The van der Waals surface area contributed by atoms with Gasteiger partial charge >= 0.3 is 7.60 Å². The highest BCUT2D eigenvalue weighted by Crippen LogP contribution is 2.46. The van der Waals surface area contributed by atoms with Gasteiger partial charge in [0.1, 0.15) is 0 Å². The fourth-order valence-electron chi connectivity index (χ4n) is 2.48. The van der Waals surface area contributed by atoms with E-state index < -0.39 is 22.7 Å². The van der Waals surface area contributed by atoms with Crippen LogP contribution in [0.4, 0.5) is 0 Å². The van der Waals surface area contributed by atoms with Crippen LogP contribution >= 0.6 is 19.2 Å². The lowest BCUT2D eigenvalue weighted by Crippen LogP contribution is -2.20. The Kier molecular flexibility index (Phi) is 6.43. The molecule has 3 N–H and O–H groups in total. The number of hydrogen-bond donors (Lipinski definition) is 3. The molecule has 0 aromatic heterocycles. The fraction of sp³-hybridized carbons (Fsp3) is 0.250. The van der Waals surface area contributed by atoms with Gasteiger partial charge in [-0.05, 0) is 48.1 Å². The molecule has 2 rings (SSSR count). The van der Waals surface area contributed by atoms with Gasteiger partial charge in [-0.15, -0.1) is 0 Å². The molecule has 0 spiro atoms. The molecule has 2 aromatic rings. The summed E-state index contributed by atoms with van der Waals surface area (Å²) in [6.07, 6.45) is 0.338. The summed E-state index contributed by atoms with van der Waals surface area (Å²) in [6, 6.07) is 14.9. The monoisotopic (exact) mass is 404 g/mol. The minimum atomic E-state index is -4.92. The first-order valence-corrected chi connectivity index (χ1v) is 11.0. The van der Waals surface area contributed by atoms with Crippen molar-refractivity contribution < 1.29 is 27.3 Å². The van der Waals surface area contributed by atoms with E-state index in [1.54, 1.807) is 12.1 Å². The average molecular weight is 405 g/mol. The molecule has 1 unspecified atom stereocenters. The van der Waals surface area contributed by atoms with Gasteiger partial charge in [0.05, 0.1) is 0 Å². The molecule has 0 amide bonds. The minimum absolute atomic E-state index is 0.218. The maximum atomic E-state index is 11.2. The van der Waals surface area contributed by atoms with Gasteiger partial charge in [-0.2, -0.15) is 8.42 Å². The van der Waals surface area contributed by atoms with Crippen molar-refractivity contribution >= 4 is 29.3 Å². The van der Waals surface area contributed by atoms with Crippen LogP contribution < -0.4 is 0 Å². The van der Waals surface area contributed by atoms with E-state index in [0.717, 1.165) is 16.7 Å². The first-order chi connectivity index (χ1) is 11.6. The molecule has 0 saturated carbocycles. The van der Waals surface area contributed by atoms with Crippen LogP contribution in [0, 0.1) is 0 Å². The lowest BCUT2D eigenvalue weighted by Gasteiger charge is -2.15. The van der Waals surface area contributed by atoms with Gasteiger partial charge < -0.3 is 9.79 Å². The number of rotatable bonds is 7. The van der Waals surface area contributed by atoms with Gasteiger partial charge in [-0.25, -0.2) is 0 Å². The second kappa shape index (κ2) is 7.99. The second-order valence-corrected chi connectivity index (χ2v) is 9.84. The summed E-state index contributed by atoms with van der Waals surface area (Å²) < 4.78 is 42.4. The summed E-state index contributed by atoms with van der Waals surface area (Å²) in [7, 11) is -9.72. The van der Waals surface area contributed by atoms with Crippen molar-refractivity contribution in [3.8, 4) is 11.1 Å². The smallest absolute Gasteiger partial charge is 0.323 e. The predicted octanol–water partition coefficient (Wildman–Crippen LogP) is 3.72. The maximum absolute atomic E-state index is 11.2. The van der Waals surface area contributed by atoms with Crippen LogP contribution in [-0.2, 0) is 21.1 Å². The molecule has 2 aromatic carbocycles. The largest absolute Gasteiger partial charge is 0.346 e. The number of hydrogen-bond acceptors (Lipinski definition) is 3. The molecule has 0 aliphatic carbocycles. The Morgan fingerprint density at radius 1 is 0.960 bits per heavy atom. The van der Waals surface area contributed by atoms with Crippen molar-refractivity contribution in [1.82, 2.24) is 0 Å². The SMILES string of the molecule is O=P(O)(O)C(CCCc1ccc(-c2ccc(Cl)cc2)cc1)S(=O)(=O)O. The maximum Gasteiger partial charge on any atom is 0.346 e. The van der Waals surface area contributed by atoms with Crippen LogP contribution in [0.3, 0.4) is 0 Å². The van der Waals surface area contributed by atoms with Crippen molar-refractivity contribution in [2.45, 2.75) is 24.3 Å². The van der Waals surface area contributed by atoms with E-state index >= 15 is 0 Å². The van der Waals surface area contributed by atoms with E-state index in [2.05, 4.69) is 0 Å². The van der Waals surface area contributed by atoms with Crippen molar-refractivity contribution in [3.05, 3.63) is 59.1 Å². The Morgan fingerprint density at radius 2 is 1.44 bits per heavy atom. The van der Waals surface area contributed by atoms with Gasteiger partial charge in [0.15, 0.2) is 4.99 Å². The molecule has 0 fully saturated rings. The van der Waals surface area contributed by atoms with Crippen molar-refractivity contribution in [2.75, 3.05) is 0 Å². The van der Waals surface area contributed by atoms with E-state index in [1.807, 2.05) is 36.4 Å². The molecular weight excluding hydrogens is 387 g/mol. The Balaban J connectivity index is 2.00. The first-order valence-electron chi connectivity index (χ1n) is 7.44. The van der Waals surface area contributed by atoms with Gasteiger partial charge in [0, 0.05) is 5.02 Å². The third kappa shape index (κ3) is 5.92. The Hall–Kier alpha value is -1.21. The van der Waals surface area contributed by atoms with Crippen LogP contribution in [-0.4, -0.2) is 27.7 Å². The highest BCUT2D eigenvalue weighted by Gasteiger charge is 2.38. The van der Waals surface area contributed by atoms with E-state index in [4.69, 9.17) is 25.9 Å². The van der Waals surface area contributed by atoms with Crippen molar-refractivity contribution in [2.24, 2.45) is 0 Å². The van der Waals surface area contributed by atoms with Crippen molar-refractivity contribution in [1.29, 1.82) is 0 Å². The predicted molar refractivity (Wildman–Crippen MR) is 97.2 cm³/mol. The molecule has 25 heavy (non-hydrogen) atoms. The second-order valence-electron chi connectivity index (χ2n) is 5.65. The summed E-state index contributed by atoms with van der Waals surface area (Å²) in [5.74, 6) is 0. The minimum Gasteiger partial charge on any atom is -0.323 e. The summed E-state index contributed by atoms with van der Waals surface area (Å²) in [4.78, 5) is 16.0. The lowest BCUT2D eigenvalue weighted by molar-refractivity contribution is 0.360. The lowest BCUT2D eigenvalue weighted by atomic mass is 10.0. The molecule has 0 aliphatic rings. The third-order valence-corrected chi connectivity index (χ3v) is 7.57. The molecule has 1 atom stereocenters. The molecule has 0 aliphatic heterocycles. The van der Waals surface area contributed by atoms with Crippen molar-refractivity contribution in [3.63, 3.8) is 0 Å². The number of halogens is 1. The van der Waals surface area contributed by atoms with E-state index in [1.165, 1.54) is 0 Å². The zero-order valence-electron chi connectivity index (χ0n) is 13.1. The molecular formula is C16H18ClO6PS. The van der Waals surface area contributed by atoms with Gasteiger partial charge in [-0.3, -0.25) is 9.12 Å². The topological polar surface area (TPSA) is 112 Å². The third-order valence-electron chi connectivity index (χ3n) is 3.77. The van der Waals surface area contributed by atoms with Crippen LogP contribution in [0.5, 0.6) is 0 Å². The van der Waals surface area contributed by atoms with E-state index in [-0.39, 0.29) is 12.8 Å². The van der Waals surface area contributed by atoms with Crippen LogP contribution in [0.2, 0.25) is 5.02 Å². The van der Waals surface area contributed by atoms with Gasteiger partial charge in [0.2, 0.25) is 0 Å². The molecule has 0 heterocycles. The summed E-state index contributed by atoms with van der Waals surface area (Å²) in [5, 5.41) is 0.652. The quantitative estimate of drug-likeness (QED) is 0.479. The summed E-state index contributed by atoms with van der Waals surface area (Å²) in [5.41, 5.74) is 2.90. The molecule has 9 heteroatoms. The Labute approximate surface area is 151 Å². The normalized spacial score (nSPS) is 13.6. The summed E-state index contributed by atoms with van der Waals surface area (Å²) >= 11 is 5.85. The molecule has 6 nitrogen and oxygen atoms in total. The van der Waals surface area contributed by atoms with Crippen LogP contribution in [0.15, 0.2) is 48.5 Å². The Morgan fingerprint density at radius 3 is 1.88 bits per heavy atom. The highest BCUT2D eigenvalue weighted by molar-refractivity contribution is 7.93. The van der Waals surface area contributed by atoms with E-state index in [9.17, 15) is 13.0 Å². The first kappa shape index (κ1) is 20.1. The van der Waals surface area contributed by atoms with E-state index in [0.29, 0.717) is 11.4 Å². The van der Waals surface area contributed by atoms with Gasteiger partial charge in [0.25, 0.3) is 10.1 Å². The standard InChI is InChI=1S/C16H18ClO6PS/c17-15-10-8-14(9-11-15)13-6-4-12(5-7-13)2-1-3-16(24(18,19)20)25(21,22)23/h4-11,16H,1-3H2,(H2,18,19,20)(H,21,22,23). The molecule has 0 radical (unpaired) electrons. The molecule has 0 bridgehead atoms. The Bertz CT molecular complexity index is 859.